The zero-order valence-corrected chi connectivity index (χ0v) is 7.15. The third kappa shape index (κ3) is 18.1. The van der Waals surface area contributed by atoms with Crippen molar-refractivity contribution in [2.45, 2.75) is 19.8 Å². The van der Waals surface area contributed by atoms with Gasteiger partial charge >= 0.3 is 0 Å². The topological polar surface area (TPSA) is 29.3 Å². The molecule has 0 radical (unpaired) electrons. The summed E-state index contributed by atoms with van der Waals surface area (Å²) >= 11 is 0. The van der Waals surface area contributed by atoms with Crippen molar-refractivity contribution in [2.75, 3.05) is 27.7 Å². The van der Waals surface area contributed by atoms with Gasteiger partial charge in [0.1, 0.15) is 0 Å². The zero-order valence-electron chi connectivity index (χ0n) is 7.15. The first-order chi connectivity index (χ1) is 4.27. The van der Waals surface area contributed by atoms with Gasteiger partial charge in [-0.1, -0.05) is 13.3 Å². The van der Waals surface area contributed by atoms with E-state index in [0.29, 0.717) is 0 Å². The largest absolute Gasteiger partial charge is 0.333 e. The molecule has 2 nitrogen and oxygen atoms in total. The van der Waals surface area contributed by atoms with Gasteiger partial charge in [0.2, 0.25) is 0 Å². The molecule has 0 spiro atoms. The summed E-state index contributed by atoms with van der Waals surface area (Å²) in [5.41, 5.74) is 4.50. The second-order valence-electron chi connectivity index (χ2n) is 2.16. The molecule has 0 fully saturated rings. The first-order valence-electron chi connectivity index (χ1n) is 3.50. The molecule has 0 saturated heterocycles. The lowest BCUT2D eigenvalue weighted by molar-refractivity contribution is 0.398. The fourth-order valence-electron chi connectivity index (χ4n) is 0.474. The summed E-state index contributed by atoms with van der Waals surface area (Å²) in [6.45, 7) is 3.44. The molecule has 58 valence electrons. The van der Waals surface area contributed by atoms with Crippen LogP contribution in [0.5, 0.6) is 0 Å². The Bertz CT molecular complexity index is 35.9. The number of nitrogens with two attached hydrogens (primary N) is 1. The van der Waals surface area contributed by atoms with Crippen LogP contribution < -0.4 is 5.73 Å². The standard InChI is InChI=1S/C6H15N.CH5N/c1-4-5-6-7(2)3;1-2/h4-6H2,1-3H3;2H2,1H3. The highest BCUT2D eigenvalue weighted by Gasteiger charge is 1.83. The Hall–Kier alpha value is -0.0800. The highest BCUT2D eigenvalue weighted by molar-refractivity contribution is 4.39. The molecule has 0 heterocycles. The summed E-state index contributed by atoms with van der Waals surface area (Å²) in [5, 5.41) is 0. The van der Waals surface area contributed by atoms with Crippen LogP contribution in [0.4, 0.5) is 0 Å². The number of hydrogen-bond acceptors (Lipinski definition) is 2. The van der Waals surface area contributed by atoms with Crippen LogP contribution in [0.25, 0.3) is 0 Å². The van der Waals surface area contributed by atoms with Crippen molar-refractivity contribution in [2.24, 2.45) is 5.73 Å². The van der Waals surface area contributed by atoms with E-state index in [9.17, 15) is 0 Å². The molecule has 0 rings (SSSR count). The van der Waals surface area contributed by atoms with Gasteiger partial charge in [-0.2, -0.15) is 0 Å². The highest BCUT2D eigenvalue weighted by atomic mass is 15.0. The molecule has 0 aromatic carbocycles. The lowest BCUT2D eigenvalue weighted by Gasteiger charge is -2.05. The second-order valence-corrected chi connectivity index (χ2v) is 2.16. The minimum absolute atomic E-state index is 1.23. The van der Waals surface area contributed by atoms with E-state index < -0.39 is 0 Å². The Morgan fingerprint density at radius 2 is 1.67 bits per heavy atom. The molecule has 2 N–H and O–H groups in total. The van der Waals surface area contributed by atoms with Crippen molar-refractivity contribution in [3.63, 3.8) is 0 Å². The van der Waals surface area contributed by atoms with Crippen molar-refractivity contribution in [1.82, 2.24) is 4.90 Å². The van der Waals surface area contributed by atoms with Crippen LogP contribution in [0.15, 0.2) is 0 Å². The van der Waals surface area contributed by atoms with Gasteiger partial charge in [-0.25, -0.2) is 0 Å². The van der Waals surface area contributed by atoms with Crippen molar-refractivity contribution >= 4 is 0 Å². The van der Waals surface area contributed by atoms with Gasteiger partial charge in [0.05, 0.1) is 0 Å². The number of unbranched alkanes of at least 4 members (excludes halogenated alkanes) is 1. The molecule has 0 aromatic heterocycles. The third-order valence-electron chi connectivity index (χ3n) is 0.959. The Morgan fingerprint density at radius 3 is 1.78 bits per heavy atom. The van der Waals surface area contributed by atoms with Gasteiger partial charge in [0.15, 0.2) is 0 Å². The molecule has 0 unspecified atom stereocenters. The van der Waals surface area contributed by atoms with E-state index in [4.69, 9.17) is 0 Å². The molecule has 0 amide bonds. The quantitative estimate of drug-likeness (QED) is 0.619. The molecule has 0 aliphatic heterocycles. The summed E-state index contributed by atoms with van der Waals surface area (Å²) in [6.07, 6.45) is 2.63. The molecule has 9 heavy (non-hydrogen) atoms. The van der Waals surface area contributed by atoms with E-state index >= 15 is 0 Å². The minimum Gasteiger partial charge on any atom is -0.333 e. The normalized spacial score (nSPS) is 8.67. The molecule has 0 saturated carbocycles. The van der Waals surface area contributed by atoms with Crippen LogP contribution in [0.3, 0.4) is 0 Å². The Morgan fingerprint density at radius 1 is 1.22 bits per heavy atom. The van der Waals surface area contributed by atoms with Gasteiger partial charge in [0, 0.05) is 0 Å². The second kappa shape index (κ2) is 10.8. The SMILES string of the molecule is CCCCN(C)C.CN. The Balaban J connectivity index is 0. The maximum atomic E-state index is 4.50. The smallest absolute Gasteiger partial charge is 0.00249 e. The average Bonchev–Trinajstić information content (AvgIpc) is 1.88. The van der Waals surface area contributed by atoms with E-state index in [1.54, 1.807) is 0 Å². The van der Waals surface area contributed by atoms with Gasteiger partial charge < -0.3 is 10.6 Å². The van der Waals surface area contributed by atoms with Crippen LogP contribution in [0, 0.1) is 0 Å². The summed E-state index contributed by atoms with van der Waals surface area (Å²) in [6, 6.07) is 0. The van der Waals surface area contributed by atoms with Gasteiger partial charge in [-0.3, -0.25) is 0 Å². The maximum absolute atomic E-state index is 4.50. The minimum atomic E-state index is 1.23. The van der Waals surface area contributed by atoms with Crippen LogP contribution >= 0.6 is 0 Å². The van der Waals surface area contributed by atoms with Gasteiger partial charge in [-0.15, -0.1) is 0 Å². The number of rotatable bonds is 3. The predicted octanol–water partition coefficient (Wildman–Crippen LogP) is 0.923. The lowest BCUT2D eigenvalue weighted by Crippen LogP contribution is -2.12. The summed E-state index contributed by atoms with van der Waals surface area (Å²) in [4.78, 5) is 2.21. The van der Waals surface area contributed by atoms with Crippen LogP contribution in [-0.2, 0) is 0 Å². The monoisotopic (exact) mass is 132 g/mol. The van der Waals surface area contributed by atoms with E-state index in [2.05, 4.69) is 31.7 Å². The molecule has 0 bridgehead atoms. The Kier molecular flexibility index (Phi) is 14.0. The molecular weight excluding hydrogens is 112 g/mol. The van der Waals surface area contributed by atoms with Crippen LogP contribution in [-0.4, -0.2) is 32.6 Å². The fourth-order valence-corrected chi connectivity index (χ4v) is 0.474. The van der Waals surface area contributed by atoms with Gasteiger partial charge in [-0.05, 0) is 34.1 Å². The molecule has 0 atom stereocenters. The van der Waals surface area contributed by atoms with E-state index in [0.717, 1.165) is 0 Å². The molecule has 2 heteroatoms. The lowest BCUT2D eigenvalue weighted by atomic mass is 10.3. The van der Waals surface area contributed by atoms with Crippen LogP contribution in [0.1, 0.15) is 19.8 Å². The van der Waals surface area contributed by atoms with Gasteiger partial charge in [0.25, 0.3) is 0 Å². The molecular formula is C7H20N2. The third-order valence-corrected chi connectivity index (χ3v) is 0.959. The predicted molar refractivity (Wildman–Crippen MR) is 43.6 cm³/mol. The molecule has 0 aromatic rings. The Labute approximate surface area is 59.0 Å². The first-order valence-corrected chi connectivity index (χ1v) is 3.50. The summed E-state index contributed by atoms with van der Waals surface area (Å²) in [5.74, 6) is 0. The maximum Gasteiger partial charge on any atom is -0.00249 e. The van der Waals surface area contributed by atoms with Crippen LogP contribution in [0.2, 0.25) is 0 Å². The summed E-state index contributed by atoms with van der Waals surface area (Å²) < 4.78 is 0. The van der Waals surface area contributed by atoms with E-state index in [1.807, 2.05) is 0 Å². The molecule has 0 aliphatic carbocycles. The van der Waals surface area contributed by atoms with Crippen molar-refractivity contribution in [1.29, 1.82) is 0 Å². The van der Waals surface area contributed by atoms with Crippen molar-refractivity contribution < 1.29 is 0 Å². The highest BCUT2D eigenvalue weighted by Crippen LogP contribution is 1.86. The van der Waals surface area contributed by atoms with Crippen molar-refractivity contribution in [3.8, 4) is 0 Å². The summed E-state index contributed by atoms with van der Waals surface area (Å²) in [7, 11) is 5.71. The van der Waals surface area contributed by atoms with E-state index in [1.165, 1.54) is 26.4 Å². The fraction of sp³-hybridized carbons (Fsp3) is 1.00. The first kappa shape index (κ1) is 11.7. The van der Waals surface area contributed by atoms with E-state index in [-0.39, 0.29) is 0 Å². The average molecular weight is 132 g/mol. The molecule has 0 aliphatic rings. The number of nitrogens with zero attached hydrogens (tertiary/aromatic N) is 1. The van der Waals surface area contributed by atoms with Crippen molar-refractivity contribution in [3.05, 3.63) is 0 Å². The number of hydrogen-bond donors (Lipinski definition) is 1. The zero-order chi connectivity index (χ0) is 7.70.